The molecule has 0 saturated carbocycles. The highest BCUT2D eigenvalue weighted by Gasteiger charge is 2.26. The molecule has 1 unspecified atom stereocenters. The van der Waals surface area contributed by atoms with Gasteiger partial charge in [-0.2, -0.15) is 0 Å². The first-order chi connectivity index (χ1) is 9.94. The van der Waals surface area contributed by atoms with Crippen LogP contribution in [0.4, 0.5) is 14.9 Å². The Bertz CT molecular complexity index is 533. The van der Waals surface area contributed by atoms with Crippen molar-refractivity contribution >= 4 is 29.3 Å². The predicted molar refractivity (Wildman–Crippen MR) is 77.0 cm³/mol. The average molecular weight is 315 g/mol. The summed E-state index contributed by atoms with van der Waals surface area (Å²) in [5.74, 6) is -1.14. The van der Waals surface area contributed by atoms with Gasteiger partial charge in [-0.1, -0.05) is 11.6 Å². The zero-order chi connectivity index (χ0) is 15.4. The summed E-state index contributed by atoms with van der Waals surface area (Å²) in [7, 11) is 0. The maximum atomic E-state index is 13.2. The van der Waals surface area contributed by atoms with Crippen LogP contribution in [-0.4, -0.2) is 35.1 Å². The molecule has 2 rings (SSSR count). The number of carbonyl (C=O) groups is 2. The number of nitrogens with one attached hydrogen (secondary N) is 1. The second kappa shape index (κ2) is 6.76. The normalized spacial score (nSPS) is 17.8. The van der Waals surface area contributed by atoms with E-state index in [9.17, 15) is 14.0 Å². The molecule has 5 nitrogen and oxygen atoms in total. The molecule has 0 radical (unpaired) electrons. The van der Waals surface area contributed by atoms with Crippen molar-refractivity contribution in [3.05, 3.63) is 29.0 Å². The molecule has 21 heavy (non-hydrogen) atoms. The number of amides is 2. The maximum absolute atomic E-state index is 13.2. The quantitative estimate of drug-likeness (QED) is 0.896. The Kier molecular flexibility index (Phi) is 5.01. The summed E-state index contributed by atoms with van der Waals surface area (Å²) in [6, 6.07) is 3.51. The Morgan fingerprint density at radius 1 is 1.43 bits per heavy atom. The van der Waals surface area contributed by atoms with E-state index in [-0.39, 0.29) is 23.4 Å². The van der Waals surface area contributed by atoms with Crippen molar-refractivity contribution < 1.29 is 19.1 Å². The SMILES string of the molecule is O=C(O)CCC1CCN(C(=O)Nc2cc(F)cc(Cl)c2)C1. The van der Waals surface area contributed by atoms with E-state index in [0.29, 0.717) is 25.2 Å². The van der Waals surface area contributed by atoms with Crippen LogP contribution in [0.25, 0.3) is 0 Å². The Labute approximate surface area is 126 Å². The Balaban J connectivity index is 1.88. The second-order valence-electron chi connectivity index (χ2n) is 5.12. The van der Waals surface area contributed by atoms with Crippen molar-refractivity contribution in [3.8, 4) is 0 Å². The molecule has 1 aliphatic rings. The molecule has 1 saturated heterocycles. The maximum Gasteiger partial charge on any atom is 0.321 e. The summed E-state index contributed by atoms with van der Waals surface area (Å²) in [4.78, 5) is 24.2. The lowest BCUT2D eigenvalue weighted by Crippen LogP contribution is -2.33. The summed E-state index contributed by atoms with van der Waals surface area (Å²) in [6.45, 7) is 1.08. The number of hydrogen-bond donors (Lipinski definition) is 2. The van der Waals surface area contributed by atoms with Crippen LogP contribution < -0.4 is 5.32 Å². The molecule has 2 amide bonds. The van der Waals surface area contributed by atoms with Gasteiger partial charge >= 0.3 is 12.0 Å². The Hall–Kier alpha value is -1.82. The molecule has 1 aliphatic heterocycles. The molecular formula is C14H16ClFN2O3. The molecule has 2 N–H and O–H groups in total. The monoisotopic (exact) mass is 314 g/mol. The molecule has 0 spiro atoms. The lowest BCUT2D eigenvalue weighted by molar-refractivity contribution is -0.137. The van der Waals surface area contributed by atoms with E-state index in [1.54, 1.807) is 4.90 Å². The van der Waals surface area contributed by atoms with Gasteiger partial charge in [0, 0.05) is 30.2 Å². The molecule has 1 heterocycles. The summed E-state index contributed by atoms with van der Waals surface area (Å²) >= 11 is 5.73. The number of carboxylic acid groups (broad SMARTS) is 1. The van der Waals surface area contributed by atoms with Crippen LogP contribution in [0, 0.1) is 11.7 Å². The number of carbonyl (C=O) groups excluding carboxylic acids is 1. The molecular weight excluding hydrogens is 299 g/mol. The lowest BCUT2D eigenvalue weighted by Gasteiger charge is -2.17. The Morgan fingerprint density at radius 3 is 2.86 bits per heavy atom. The van der Waals surface area contributed by atoms with Crippen molar-refractivity contribution in [2.45, 2.75) is 19.3 Å². The fourth-order valence-corrected chi connectivity index (χ4v) is 2.63. The largest absolute Gasteiger partial charge is 0.481 e. The van der Waals surface area contributed by atoms with Crippen LogP contribution in [0.3, 0.4) is 0 Å². The molecule has 0 aliphatic carbocycles. The topological polar surface area (TPSA) is 69.6 Å². The lowest BCUT2D eigenvalue weighted by atomic mass is 10.0. The van der Waals surface area contributed by atoms with Gasteiger partial charge in [0.1, 0.15) is 5.82 Å². The van der Waals surface area contributed by atoms with Crippen LogP contribution in [0.2, 0.25) is 5.02 Å². The van der Waals surface area contributed by atoms with Gasteiger partial charge in [-0.15, -0.1) is 0 Å². The molecule has 1 aromatic rings. The van der Waals surface area contributed by atoms with Crippen molar-refractivity contribution in [3.63, 3.8) is 0 Å². The third kappa shape index (κ3) is 4.60. The van der Waals surface area contributed by atoms with Crippen LogP contribution in [-0.2, 0) is 4.79 Å². The number of hydrogen-bond acceptors (Lipinski definition) is 2. The highest BCUT2D eigenvalue weighted by atomic mass is 35.5. The zero-order valence-electron chi connectivity index (χ0n) is 11.3. The van der Waals surface area contributed by atoms with Crippen LogP contribution >= 0.6 is 11.6 Å². The Morgan fingerprint density at radius 2 is 2.19 bits per heavy atom. The molecule has 0 bridgehead atoms. The van der Waals surface area contributed by atoms with Crippen molar-refractivity contribution in [1.29, 1.82) is 0 Å². The summed E-state index contributed by atoms with van der Waals surface area (Å²) < 4.78 is 13.2. The number of likely N-dealkylation sites (tertiary alicyclic amines) is 1. The predicted octanol–water partition coefficient (Wildman–Crippen LogP) is 3.20. The number of urea groups is 1. The minimum Gasteiger partial charge on any atom is -0.481 e. The first-order valence-corrected chi connectivity index (χ1v) is 7.05. The number of aliphatic carboxylic acids is 1. The zero-order valence-corrected chi connectivity index (χ0v) is 12.1. The van der Waals surface area contributed by atoms with Crippen LogP contribution in [0.5, 0.6) is 0 Å². The number of carboxylic acids is 1. The molecule has 1 aromatic carbocycles. The third-order valence-corrected chi connectivity index (χ3v) is 3.67. The van der Waals surface area contributed by atoms with Gasteiger partial charge in [0.15, 0.2) is 0 Å². The standard InChI is InChI=1S/C14H16ClFN2O3/c15-10-5-11(16)7-12(6-10)17-14(21)18-4-3-9(8-18)1-2-13(19)20/h5-7,9H,1-4,8H2,(H,17,21)(H,19,20). The van der Waals surface area contributed by atoms with E-state index in [4.69, 9.17) is 16.7 Å². The highest BCUT2D eigenvalue weighted by molar-refractivity contribution is 6.30. The fourth-order valence-electron chi connectivity index (χ4n) is 2.41. The average Bonchev–Trinajstić information content (AvgIpc) is 2.83. The van der Waals surface area contributed by atoms with Gasteiger partial charge in [0.25, 0.3) is 0 Å². The van der Waals surface area contributed by atoms with E-state index in [1.165, 1.54) is 12.1 Å². The molecule has 1 fully saturated rings. The summed E-state index contributed by atoms with van der Waals surface area (Å²) in [5, 5.41) is 11.5. The first kappa shape index (κ1) is 15.6. The van der Waals surface area contributed by atoms with Crippen LogP contribution in [0.1, 0.15) is 19.3 Å². The van der Waals surface area contributed by atoms with Crippen molar-refractivity contribution in [2.75, 3.05) is 18.4 Å². The van der Waals surface area contributed by atoms with E-state index in [1.807, 2.05) is 0 Å². The minimum absolute atomic E-state index is 0.111. The molecule has 7 heteroatoms. The number of rotatable bonds is 4. The second-order valence-corrected chi connectivity index (χ2v) is 5.56. The number of nitrogens with zero attached hydrogens (tertiary/aromatic N) is 1. The number of halogens is 2. The third-order valence-electron chi connectivity index (χ3n) is 3.45. The number of anilines is 1. The van der Waals surface area contributed by atoms with E-state index in [2.05, 4.69) is 5.32 Å². The highest BCUT2D eigenvalue weighted by Crippen LogP contribution is 2.23. The van der Waals surface area contributed by atoms with Gasteiger partial charge in [-0.3, -0.25) is 4.79 Å². The molecule has 1 atom stereocenters. The van der Waals surface area contributed by atoms with Gasteiger partial charge in [0.05, 0.1) is 0 Å². The first-order valence-electron chi connectivity index (χ1n) is 6.68. The molecule has 114 valence electrons. The van der Waals surface area contributed by atoms with Gasteiger partial charge in [-0.05, 0) is 37.0 Å². The smallest absolute Gasteiger partial charge is 0.321 e. The van der Waals surface area contributed by atoms with E-state index >= 15 is 0 Å². The number of benzene rings is 1. The van der Waals surface area contributed by atoms with E-state index in [0.717, 1.165) is 12.5 Å². The van der Waals surface area contributed by atoms with Gasteiger partial charge < -0.3 is 15.3 Å². The van der Waals surface area contributed by atoms with Gasteiger partial charge in [0.2, 0.25) is 0 Å². The summed E-state index contributed by atoms with van der Waals surface area (Å²) in [5.41, 5.74) is 0.305. The molecule has 0 aromatic heterocycles. The van der Waals surface area contributed by atoms with Crippen LogP contribution in [0.15, 0.2) is 18.2 Å². The fraction of sp³-hybridized carbons (Fsp3) is 0.429. The van der Waals surface area contributed by atoms with E-state index < -0.39 is 11.8 Å². The summed E-state index contributed by atoms with van der Waals surface area (Å²) in [6.07, 6.45) is 1.45. The van der Waals surface area contributed by atoms with Gasteiger partial charge in [-0.25, -0.2) is 9.18 Å². The minimum atomic E-state index is -0.827. The van der Waals surface area contributed by atoms with Crippen molar-refractivity contribution in [2.24, 2.45) is 5.92 Å². The van der Waals surface area contributed by atoms with Crippen molar-refractivity contribution in [1.82, 2.24) is 4.90 Å².